The number of imide groups is 1. The van der Waals surface area contributed by atoms with Gasteiger partial charge in [-0.3, -0.25) is 10.1 Å². The molecule has 2 N–H and O–H groups in total. The first-order chi connectivity index (χ1) is 13.2. The Labute approximate surface area is 157 Å². The molecule has 0 aliphatic carbocycles. The van der Waals surface area contributed by atoms with E-state index < -0.39 is 35.2 Å². The minimum Gasteiger partial charge on any atom is -0.423 e. The Hall–Kier alpha value is -3.36. The number of urea groups is 1. The number of esters is 1. The summed E-state index contributed by atoms with van der Waals surface area (Å²) < 4.78 is 43.4. The second-order valence-corrected chi connectivity index (χ2v) is 6.16. The van der Waals surface area contributed by atoms with Gasteiger partial charge in [-0.25, -0.2) is 9.59 Å². The SMILES string of the molecule is CCC1(c2ccc(OC(=O)c3cccc(C(F)(F)F)c3)cc2)NC(=O)NC1=O. The molecule has 3 amide bonds. The Morgan fingerprint density at radius 2 is 1.79 bits per heavy atom. The number of nitrogens with one attached hydrogen (secondary N) is 2. The van der Waals surface area contributed by atoms with Gasteiger partial charge in [0.1, 0.15) is 11.3 Å². The molecule has 9 heteroatoms. The van der Waals surface area contributed by atoms with Crippen molar-refractivity contribution in [1.82, 2.24) is 10.6 Å². The number of benzene rings is 2. The number of amides is 3. The van der Waals surface area contributed by atoms with Crippen LogP contribution in [0.1, 0.15) is 34.8 Å². The van der Waals surface area contributed by atoms with E-state index in [-0.39, 0.29) is 11.3 Å². The lowest BCUT2D eigenvalue weighted by atomic mass is 9.87. The van der Waals surface area contributed by atoms with Gasteiger partial charge < -0.3 is 10.1 Å². The lowest BCUT2D eigenvalue weighted by Gasteiger charge is -2.24. The molecule has 2 aromatic carbocycles. The first kappa shape index (κ1) is 19.4. The van der Waals surface area contributed by atoms with Gasteiger partial charge in [0.05, 0.1) is 11.1 Å². The molecule has 6 nitrogen and oxygen atoms in total. The number of carbonyl (C=O) groups is 3. The van der Waals surface area contributed by atoms with E-state index in [1.54, 1.807) is 6.92 Å². The van der Waals surface area contributed by atoms with Crippen LogP contribution in [0.4, 0.5) is 18.0 Å². The average molecular weight is 392 g/mol. The average Bonchev–Trinajstić information content (AvgIpc) is 2.96. The lowest BCUT2D eigenvalue weighted by molar-refractivity contribution is -0.137. The highest BCUT2D eigenvalue weighted by atomic mass is 19.4. The second-order valence-electron chi connectivity index (χ2n) is 6.16. The molecule has 146 valence electrons. The summed E-state index contributed by atoms with van der Waals surface area (Å²) in [5, 5.41) is 4.75. The number of carbonyl (C=O) groups excluding carboxylic acids is 3. The number of ether oxygens (including phenoxy) is 1. The van der Waals surface area contributed by atoms with Crippen molar-refractivity contribution in [3.05, 3.63) is 65.2 Å². The minimum absolute atomic E-state index is 0.0853. The topological polar surface area (TPSA) is 84.5 Å². The van der Waals surface area contributed by atoms with Crippen LogP contribution in [0, 0.1) is 0 Å². The molecule has 3 rings (SSSR count). The fourth-order valence-corrected chi connectivity index (χ4v) is 2.94. The van der Waals surface area contributed by atoms with Crippen molar-refractivity contribution in [2.75, 3.05) is 0 Å². The van der Waals surface area contributed by atoms with Crippen molar-refractivity contribution in [2.45, 2.75) is 25.1 Å². The summed E-state index contributed by atoms with van der Waals surface area (Å²) in [6.07, 6.45) is -4.27. The standard InChI is InChI=1S/C19H15F3N2O4/c1-2-18(16(26)23-17(27)24-18)12-6-8-14(9-7-12)28-15(25)11-4-3-5-13(10-11)19(20,21)22/h3-10H,2H2,1H3,(H2,23,24,26,27). The van der Waals surface area contributed by atoms with E-state index in [1.807, 2.05) is 0 Å². The van der Waals surface area contributed by atoms with Crippen LogP contribution in [0.3, 0.4) is 0 Å². The molecule has 28 heavy (non-hydrogen) atoms. The summed E-state index contributed by atoms with van der Waals surface area (Å²) in [6, 6.07) is 9.11. The first-order valence-corrected chi connectivity index (χ1v) is 8.29. The first-order valence-electron chi connectivity index (χ1n) is 8.29. The van der Waals surface area contributed by atoms with Crippen LogP contribution in [-0.2, 0) is 16.5 Å². The Bertz CT molecular complexity index is 941. The van der Waals surface area contributed by atoms with E-state index in [0.717, 1.165) is 12.1 Å². The summed E-state index contributed by atoms with van der Waals surface area (Å²) >= 11 is 0. The number of rotatable bonds is 4. The van der Waals surface area contributed by atoms with Gasteiger partial charge in [-0.1, -0.05) is 25.1 Å². The quantitative estimate of drug-likeness (QED) is 0.475. The maximum absolute atomic E-state index is 12.8. The fourth-order valence-electron chi connectivity index (χ4n) is 2.94. The highest BCUT2D eigenvalue weighted by Gasteiger charge is 2.46. The van der Waals surface area contributed by atoms with Crippen LogP contribution in [0.25, 0.3) is 0 Å². The van der Waals surface area contributed by atoms with Gasteiger partial charge in [0, 0.05) is 0 Å². The number of halogens is 3. The second kappa shape index (κ2) is 6.99. The molecule has 0 bridgehead atoms. The van der Waals surface area contributed by atoms with Crippen molar-refractivity contribution in [2.24, 2.45) is 0 Å². The van der Waals surface area contributed by atoms with Gasteiger partial charge in [0.25, 0.3) is 5.91 Å². The number of hydrogen-bond acceptors (Lipinski definition) is 4. The number of alkyl halides is 3. The molecule has 2 aromatic rings. The molecule has 1 heterocycles. The van der Waals surface area contributed by atoms with Crippen molar-refractivity contribution in [3.63, 3.8) is 0 Å². The van der Waals surface area contributed by atoms with Gasteiger partial charge in [0.15, 0.2) is 0 Å². The minimum atomic E-state index is -4.57. The third kappa shape index (κ3) is 3.55. The monoisotopic (exact) mass is 392 g/mol. The summed E-state index contributed by atoms with van der Waals surface area (Å²) in [4.78, 5) is 35.7. The number of hydrogen-bond donors (Lipinski definition) is 2. The molecule has 1 atom stereocenters. The summed E-state index contributed by atoms with van der Waals surface area (Å²) in [7, 11) is 0. The summed E-state index contributed by atoms with van der Waals surface area (Å²) in [5.74, 6) is -1.35. The van der Waals surface area contributed by atoms with Crippen molar-refractivity contribution < 1.29 is 32.3 Å². The highest BCUT2D eigenvalue weighted by molar-refractivity contribution is 6.07. The van der Waals surface area contributed by atoms with E-state index in [9.17, 15) is 27.6 Å². The van der Waals surface area contributed by atoms with E-state index in [1.165, 1.54) is 30.3 Å². The third-order valence-electron chi connectivity index (χ3n) is 4.46. The van der Waals surface area contributed by atoms with Gasteiger partial charge in [-0.2, -0.15) is 13.2 Å². The molecular formula is C19H15F3N2O4. The molecule has 1 aliphatic heterocycles. The normalized spacial score (nSPS) is 19.1. The fraction of sp³-hybridized carbons (Fsp3) is 0.211. The molecule has 0 radical (unpaired) electrons. The maximum Gasteiger partial charge on any atom is 0.416 e. The van der Waals surface area contributed by atoms with Gasteiger partial charge in [-0.05, 0) is 42.3 Å². The van der Waals surface area contributed by atoms with Crippen molar-refractivity contribution >= 4 is 17.9 Å². The molecule has 1 aliphatic rings. The van der Waals surface area contributed by atoms with Crippen LogP contribution in [-0.4, -0.2) is 17.9 Å². The molecule has 1 saturated heterocycles. The largest absolute Gasteiger partial charge is 0.423 e. The predicted octanol–water partition coefficient (Wildman–Crippen LogP) is 3.37. The van der Waals surface area contributed by atoms with E-state index in [4.69, 9.17) is 4.74 Å². The van der Waals surface area contributed by atoms with Gasteiger partial charge >= 0.3 is 18.2 Å². The molecule has 1 fully saturated rings. The van der Waals surface area contributed by atoms with Gasteiger partial charge in [0.2, 0.25) is 0 Å². The van der Waals surface area contributed by atoms with Crippen LogP contribution in [0.5, 0.6) is 5.75 Å². The van der Waals surface area contributed by atoms with Crippen LogP contribution >= 0.6 is 0 Å². The Kier molecular flexibility index (Phi) is 4.84. The molecule has 0 spiro atoms. The van der Waals surface area contributed by atoms with Gasteiger partial charge in [-0.15, -0.1) is 0 Å². The summed E-state index contributed by atoms with van der Waals surface area (Å²) in [5.41, 5.74) is -1.94. The van der Waals surface area contributed by atoms with E-state index in [2.05, 4.69) is 10.6 Å². The maximum atomic E-state index is 12.8. The van der Waals surface area contributed by atoms with Crippen LogP contribution in [0.2, 0.25) is 0 Å². The molecular weight excluding hydrogens is 377 g/mol. The Morgan fingerprint density at radius 3 is 2.32 bits per heavy atom. The lowest BCUT2D eigenvalue weighted by Crippen LogP contribution is -2.43. The van der Waals surface area contributed by atoms with E-state index >= 15 is 0 Å². The predicted molar refractivity (Wildman–Crippen MR) is 91.5 cm³/mol. The van der Waals surface area contributed by atoms with Crippen molar-refractivity contribution in [1.29, 1.82) is 0 Å². The Morgan fingerprint density at radius 1 is 1.11 bits per heavy atom. The smallest absolute Gasteiger partial charge is 0.416 e. The zero-order chi connectivity index (χ0) is 20.5. The van der Waals surface area contributed by atoms with Crippen molar-refractivity contribution in [3.8, 4) is 5.75 Å². The molecule has 0 saturated carbocycles. The van der Waals surface area contributed by atoms with Crippen LogP contribution in [0.15, 0.2) is 48.5 Å². The third-order valence-corrected chi connectivity index (χ3v) is 4.46. The van der Waals surface area contributed by atoms with E-state index in [0.29, 0.717) is 18.1 Å². The zero-order valence-electron chi connectivity index (χ0n) is 14.6. The molecule has 1 unspecified atom stereocenters. The highest BCUT2D eigenvalue weighted by Crippen LogP contribution is 2.31. The zero-order valence-corrected chi connectivity index (χ0v) is 14.6. The van der Waals surface area contributed by atoms with Crippen LogP contribution < -0.4 is 15.4 Å². The Balaban J connectivity index is 1.79. The molecule has 0 aromatic heterocycles. The summed E-state index contributed by atoms with van der Waals surface area (Å²) in [6.45, 7) is 1.73.